The maximum atomic E-state index is 13.6. The SMILES string of the molecule is CN(c1nccc(C(N)=S)n1)c1ccccc1F. The minimum Gasteiger partial charge on any atom is -0.388 e. The highest BCUT2D eigenvalue weighted by Gasteiger charge is 2.12. The van der Waals surface area contributed by atoms with Crippen molar-refractivity contribution in [3.8, 4) is 0 Å². The number of anilines is 2. The molecule has 4 nitrogen and oxygen atoms in total. The number of para-hydroxylation sites is 1. The third-order valence-corrected chi connectivity index (χ3v) is 2.62. The van der Waals surface area contributed by atoms with Crippen molar-refractivity contribution in [2.45, 2.75) is 0 Å². The van der Waals surface area contributed by atoms with E-state index in [0.29, 0.717) is 17.3 Å². The fourth-order valence-corrected chi connectivity index (χ4v) is 1.59. The molecule has 0 unspecified atom stereocenters. The molecule has 1 aromatic carbocycles. The maximum Gasteiger partial charge on any atom is 0.230 e. The molecule has 0 bridgehead atoms. The average Bonchev–Trinajstić information content (AvgIpc) is 2.38. The van der Waals surface area contributed by atoms with E-state index in [4.69, 9.17) is 18.0 Å². The first-order chi connectivity index (χ1) is 8.59. The number of rotatable bonds is 3. The van der Waals surface area contributed by atoms with Gasteiger partial charge in [0.1, 0.15) is 16.5 Å². The topological polar surface area (TPSA) is 55.0 Å². The lowest BCUT2D eigenvalue weighted by Gasteiger charge is -2.17. The summed E-state index contributed by atoms with van der Waals surface area (Å²) >= 11 is 4.85. The maximum absolute atomic E-state index is 13.6. The molecule has 0 radical (unpaired) electrons. The lowest BCUT2D eigenvalue weighted by molar-refractivity contribution is 0.627. The van der Waals surface area contributed by atoms with Gasteiger partial charge in [-0.3, -0.25) is 0 Å². The quantitative estimate of drug-likeness (QED) is 0.858. The monoisotopic (exact) mass is 262 g/mol. The van der Waals surface area contributed by atoms with Crippen molar-refractivity contribution in [3.63, 3.8) is 0 Å². The van der Waals surface area contributed by atoms with Gasteiger partial charge in [0.2, 0.25) is 5.95 Å². The largest absolute Gasteiger partial charge is 0.388 e. The van der Waals surface area contributed by atoms with Crippen molar-refractivity contribution in [1.82, 2.24) is 9.97 Å². The second kappa shape index (κ2) is 5.05. The van der Waals surface area contributed by atoms with Crippen LogP contribution in [0.25, 0.3) is 0 Å². The Morgan fingerprint density at radius 3 is 2.72 bits per heavy atom. The Bertz CT molecular complexity index is 588. The fourth-order valence-electron chi connectivity index (χ4n) is 1.48. The average molecular weight is 262 g/mol. The second-order valence-corrected chi connectivity index (χ2v) is 4.06. The number of thiocarbonyl (C=S) groups is 1. The molecule has 2 rings (SSSR count). The zero-order valence-electron chi connectivity index (χ0n) is 9.67. The molecule has 18 heavy (non-hydrogen) atoms. The molecule has 1 heterocycles. The molecule has 0 amide bonds. The molecule has 0 aliphatic heterocycles. The molecule has 0 aliphatic rings. The van der Waals surface area contributed by atoms with Gasteiger partial charge in [0.05, 0.1) is 5.69 Å². The van der Waals surface area contributed by atoms with Crippen LogP contribution in [0.3, 0.4) is 0 Å². The van der Waals surface area contributed by atoms with Crippen molar-refractivity contribution in [3.05, 3.63) is 48.0 Å². The van der Waals surface area contributed by atoms with Gasteiger partial charge in [-0.05, 0) is 18.2 Å². The van der Waals surface area contributed by atoms with Crippen molar-refractivity contribution >= 4 is 28.8 Å². The summed E-state index contributed by atoms with van der Waals surface area (Å²) in [7, 11) is 1.68. The smallest absolute Gasteiger partial charge is 0.230 e. The summed E-state index contributed by atoms with van der Waals surface area (Å²) < 4.78 is 13.6. The van der Waals surface area contributed by atoms with Crippen LogP contribution in [-0.4, -0.2) is 22.0 Å². The minimum atomic E-state index is -0.343. The number of nitrogens with zero attached hydrogens (tertiary/aromatic N) is 3. The molecule has 0 saturated heterocycles. The zero-order valence-corrected chi connectivity index (χ0v) is 10.5. The summed E-state index contributed by atoms with van der Waals surface area (Å²) in [6.07, 6.45) is 1.54. The number of benzene rings is 1. The van der Waals surface area contributed by atoms with Crippen LogP contribution in [0.2, 0.25) is 0 Å². The second-order valence-electron chi connectivity index (χ2n) is 3.62. The molecular weight excluding hydrogens is 251 g/mol. The fraction of sp³-hybridized carbons (Fsp3) is 0.0833. The van der Waals surface area contributed by atoms with E-state index in [9.17, 15) is 4.39 Å². The summed E-state index contributed by atoms with van der Waals surface area (Å²) in [6.45, 7) is 0. The normalized spacial score (nSPS) is 10.1. The summed E-state index contributed by atoms with van der Waals surface area (Å²) in [5.74, 6) is -0.00488. The Morgan fingerprint density at radius 2 is 2.06 bits per heavy atom. The van der Waals surface area contributed by atoms with E-state index >= 15 is 0 Å². The molecule has 0 atom stereocenters. The molecule has 1 aromatic heterocycles. The van der Waals surface area contributed by atoms with Crippen LogP contribution in [0.5, 0.6) is 0 Å². The first-order valence-corrected chi connectivity index (χ1v) is 5.61. The molecule has 6 heteroatoms. The number of hydrogen-bond acceptors (Lipinski definition) is 4. The molecule has 0 spiro atoms. The Hall–Kier alpha value is -2.08. The van der Waals surface area contributed by atoms with E-state index < -0.39 is 0 Å². The molecular formula is C12H11FN4S. The van der Waals surface area contributed by atoms with Crippen molar-refractivity contribution in [1.29, 1.82) is 0 Å². The van der Waals surface area contributed by atoms with E-state index in [-0.39, 0.29) is 10.8 Å². The van der Waals surface area contributed by atoms with E-state index in [1.165, 1.54) is 17.2 Å². The highest BCUT2D eigenvalue weighted by Crippen LogP contribution is 2.22. The highest BCUT2D eigenvalue weighted by atomic mass is 32.1. The van der Waals surface area contributed by atoms with Crippen molar-refractivity contribution in [2.75, 3.05) is 11.9 Å². The van der Waals surface area contributed by atoms with Gasteiger partial charge in [-0.1, -0.05) is 24.4 Å². The summed E-state index contributed by atoms with van der Waals surface area (Å²) in [6, 6.07) is 8.00. The summed E-state index contributed by atoms with van der Waals surface area (Å²) in [5, 5.41) is 0. The van der Waals surface area contributed by atoms with Crippen LogP contribution in [0.15, 0.2) is 36.5 Å². The third kappa shape index (κ3) is 2.43. The van der Waals surface area contributed by atoms with E-state index in [1.54, 1.807) is 31.3 Å². The van der Waals surface area contributed by atoms with E-state index in [2.05, 4.69) is 9.97 Å². The number of halogens is 1. The van der Waals surface area contributed by atoms with Gasteiger partial charge in [-0.2, -0.15) is 0 Å². The molecule has 2 N–H and O–H groups in total. The number of hydrogen-bond donors (Lipinski definition) is 1. The summed E-state index contributed by atoms with van der Waals surface area (Å²) in [5.41, 5.74) is 6.34. The zero-order chi connectivity index (χ0) is 13.1. The molecule has 0 saturated carbocycles. The highest BCUT2D eigenvalue weighted by molar-refractivity contribution is 7.80. The van der Waals surface area contributed by atoms with Crippen LogP contribution >= 0.6 is 12.2 Å². The van der Waals surface area contributed by atoms with E-state index in [1.807, 2.05) is 0 Å². The Kier molecular flexibility index (Phi) is 3.47. The van der Waals surface area contributed by atoms with Crippen LogP contribution in [-0.2, 0) is 0 Å². The third-order valence-electron chi connectivity index (χ3n) is 2.41. The first-order valence-electron chi connectivity index (χ1n) is 5.20. The summed E-state index contributed by atoms with van der Waals surface area (Å²) in [4.78, 5) is 9.96. The Labute approximate surface area is 109 Å². The molecule has 0 aliphatic carbocycles. The standard InChI is InChI=1S/C12H11FN4S/c1-17(10-5-3-2-4-8(10)13)12-15-7-6-9(16-12)11(14)18/h2-7H,1H3,(H2,14,18). The Morgan fingerprint density at radius 1 is 1.33 bits per heavy atom. The molecule has 92 valence electrons. The Balaban J connectivity index is 2.40. The minimum absolute atomic E-state index is 0.181. The predicted molar refractivity (Wildman–Crippen MR) is 72.4 cm³/mol. The van der Waals surface area contributed by atoms with Crippen LogP contribution in [0.1, 0.15) is 5.69 Å². The number of nitrogens with two attached hydrogens (primary N) is 1. The van der Waals surface area contributed by atoms with Crippen molar-refractivity contribution in [2.24, 2.45) is 5.73 Å². The van der Waals surface area contributed by atoms with E-state index in [0.717, 1.165) is 0 Å². The van der Waals surface area contributed by atoms with Gasteiger partial charge >= 0.3 is 0 Å². The number of aromatic nitrogens is 2. The van der Waals surface area contributed by atoms with Crippen molar-refractivity contribution < 1.29 is 4.39 Å². The van der Waals surface area contributed by atoms with Gasteiger partial charge in [-0.25, -0.2) is 14.4 Å². The van der Waals surface area contributed by atoms with Crippen LogP contribution in [0, 0.1) is 5.82 Å². The van der Waals surface area contributed by atoms with Gasteiger partial charge in [-0.15, -0.1) is 0 Å². The molecule has 2 aromatic rings. The van der Waals surface area contributed by atoms with Gasteiger partial charge in [0, 0.05) is 13.2 Å². The van der Waals surface area contributed by atoms with Gasteiger partial charge < -0.3 is 10.6 Å². The lowest BCUT2D eigenvalue weighted by atomic mass is 10.3. The van der Waals surface area contributed by atoms with Crippen LogP contribution < -0.4 is 10.6 Å². The molecule has 0 fully saturated rings. The van der Waals surface area contributed by atoms with Crippen LogP contribution in [0.4, 0.5) is 16.0 Å². The van der Waals surface area contributed by atoms with Gasteiger partial charge in [0.25, 0.3) is 0 Å². The predicted octanol–water partition coefficient (Wildman–Crippen LogP) is 2.02. The van der Waals surface area contributed by atoms with Gasteiger partial charge in [0.15, 0.2) is 0 Å². The first kappa shape index (κ1) is 12.4. The lowest BCUT2D eigenvalue weighted by Crippen LogP contribution is -2.18.